The van der Waals surface area contributed by atoms with Gasteiger partial charge in [0, 0.05) is 64.1 Å². The molecule has 0 radical (unpaired) electrons. The van der Waals surface area contributed by atoms with Gasteiger partial charge in [-0.05, 0) is 67.9 Å². The number of rotatable bonds is 10. The van der Waals surface area contributed by atoms with E-state index in [4.69, 9.17) is 10.7 Å². The Kier molecular flexibility index (Phi) is 10.4. The maximum absolute atomic E-state index is 13.4. The number of carbonyl (C=O) groups is 7. The molecule has 4 fully saturated rings. The number of benzene rings is 2. The summed E-state index contributed by atoms with van der Waals surface area (Å²) in [5.74, 6) is -2.18. The van der Waals surface area contributed by atoms with Crippen molar-refractivity contribution in [1.82, 2.24) is 34.9 Å². The third-order valence-electron chi connectivity index (χ3n) is 11.8. The van der Waals surface area contributed by atoms with Crippen molar-refractivity contribution in [3.63, 3.8) is 0 Å². The molecule has 1 unspecified atom stereocenters. The molecule has 5 aliphatic heterocycles. The van der Waals surface area contributed by atoms with Crippen LogP contribution in [0.4, 0.5) is 27.8 Å². The molecule has 58 heavy (non-hydrogen) atoms. The normalized spacial score (nSPS) is 21.4. The number of likely N-dealkylation sites (N-methyl/N-ethyl adjacent to an activating group) is 1. The van der Waals surface area contributed by atoms with Gasteiger partial charge in [-0.1, -0.05) is 18.2 Å². The van der Waals surface area contributed by atoms with Crippen molar-refractivity contribution in [2.45, 2.75) is 56.5 Å². The fraction of sp³-hybridized carbons (Fsp3) is 0.425. The summed E-state index contributed by atoms with van der Waals surface area (Å²) in [5, 5.41) is 8.47. The third kappa shape index (κ3) is 7.36. The fourth-order valence-electron chi connectivity index (χ4n) is 8.61. The number of likely N-dealkylation sites (tertiary alicyclic amines) is 1. The Morgan fingerprint density at radius 2 is 1.69 bits per heavy atom. The number of nitrogens with one attached hydrogen (secondary N) is 3. The van der Waals surface area contributed by atoms with Crippen molar-refractivity contribution < 1.29 is 33.6 Å². The average Bonchev–Trinajstić information content (AvgIpc) is 3.70. The second kappa shape index (κ2) is 15.7. The molecule has 302 valence electrons. The van der Waals surface area contributed by atoms with Crippen LogP contribution in [0.2, 0.25) is 0 Å². The van der Waals surface area contributed by atoms with Crippen LogP contribution < -0.4 is 26.6 Å². The summed E-state index contributed by atoms with van der Waals surface area (Å²) in [6.45, 7) is 3.74. The second-order valence-electron chi connectivity index (χ2n) is 15.4. The first-order valence-corrected chi connectivity index (χ1v) is 19.6. The quantitative estimate of drug-likeness (QED) is 0.216. The highest BCUT2D eigenvalue weighted by Gasteiger charge is 2.45. The summed E-state index contributed by atoms with van der Waals surface area (Å²) >= 11 is 0. The molecule has 0 saturated carbocycles. The summed E-state index contributed by atoms with van der Waals surface area (Å²) in [7, 11) is 1.81. The van der Waals surface area contributed by atoms with E-state index in [1.807, 2.05) is 36.2 Å². The lowest BCUT2D eigenvalue weighted by molar-refractivity contribution is -0.136. The highest BCUT2D eigenvalue weighted by atomic mass is 16.2. The van der Waals surface area contributed by atoms with Crippen molar-refractivity contribution in [2.24, 2.45) is 5.73 Å². The SMILES string of the molecule is CN1CCN([C@@H]2CCCN(c3cnc(C(N)=O)c(Nc4ccc(C5CCN(C(=O)CNc6cccc7c6C(=O)N(C6CCC(=O)NC6=O)C7=O)CC5)cc4)n3)C2)C1=O. The summed E-state index contributed by atoms with van der Waals surface area (Å²) in [6, 6.07) is 11.6. The largest absolute Gasteiger partial charge is 0.375 e. The third-order valence-corrected chi connectivity index (χ3v) is 11.8. The van der Waals surface area contributed by atoms with Gasteiger partial charge in [-0.25, -0.2) is 14.8 Å². The molecule has 4 saturated heterocycles. The zero-order valence-corrected chi connectivity index (χ0v) is 32.1. The Bertz CT molecular complexity index is 2190. The number of imide groups is 2. The van der Waals surface area contributed by atoms with Gasteiger partial charge in [0.2, 0.25) is 17.7 Å². The van der Waals surface area contributed by atoms with Crippen LogP contribution in [-0.4, -0.2) is 136 Å². The minimum absolute atomic E-state index is 0.0233. The minimum Gasteiger partial charge on any atom is -0.375 e. The van der Waals surface area contributed by atoms with Gasteiger partial charge in [-0.3, -0.25) is 39.0 Å². The van der Waals surface area contributed by atoms with Crippen LogP contribution in [0.25, 0.3) is 0 Å². The summed E-state index contributed by atoms with van der Waals surface area (Å²) in [6.07, 6.45) is 4.91. The van der Waals surface area contributed by atoms with Crippen molar-refractivity contribution in [1.29, 1.82) is 0 Å². The van der Waals surface area contributed by atoms with E-state index < -0.39 is 35.6 Å². The van der Waals surface area contributed by atoms with E-state index in [0.717, 1.165) is 42.7 Å². The molecule has 18 heteroatoms. The number of hydrogen-bond donors (Lipinski definition) is 4. The van der Waals surface area contributed by atoms with E-state index in [1.165, 1.54) is 6.07 Å². The predicted molar refractivity (Wildman–Crippen MR) is 210 cm³/mol. The summed E-state index contributed by atoms with van der Waals surface area (Å²) in [4.78, 5) is 107. The lowest BCUT2D eigenvalue weighted by Gasteiger charge is -2.37. The zero-order valence-electron chi connectivity index (χ0n) is 32.1. The number of urea groups is 1. The van der Waals surface area contributed by atoms with E-state index >= 15 is 0 Å². The van der Waals surface area contributed by atoms with Crippen LogP contribution >= 0.6 is 0 Å². The van der Waals surface area contributed by atoms with E-state index in [0.29, 0.717) is 49.9 Å². The Morgan fingerprint density at radius 1 is 0.914 bits per heavy atom. The number of nitrogens with zero attached hydrogens (tertiary/aromatic N) is 7. The maximum atomic E-state index is 13.4. The molecule has 6 heterocycles. The molecule has 5 N–H and O–H groups in total. The molecule has 5 aliphatic rings. The number of primary amides is 1. The highest BCUT2D eigenvalue weighted by molar-refractivity contribution is 6.25. The van der Waals surface area contributed by atoms with E-state index in [1.54, 1.807) is 28.1 Å². The predicted octanol–water partition coefficient (Wildman–Crippen LogP) is 1.87. The van der Waals surface area contributed by atoms with Crippen LogP contribution in [0.1, 0.15) is 81.2 Å². The van der Waals surface area contributed by atoms with Crippen LogP contribution in [0.3, 0.4) is 0 Å². The molecule has 18 nitrogen and oxygen atoms in total. The van der Waals surface area contributed by atoms with E-state index in [9.17, 15) is 33.6 Å². The topological polar surface area (TPSA) is 224 Å². The number of anilines is 4. The monoisotopic (exact) mass is 791 g/mol. The lowest BCUT2D eigenvalue weighted by atomic mass is 9.89. The van der Waals surface area contributed by atoms with Crippen LogP contribution in [0.5, 0.6) is 0 Å². The number of carbonyl (C=O) groups excluding carboxylic acids is 7. The first-order chi connectivity index (χ1) is 28.0. The van der Waals surface area contributed by atoms with Gasteiger partial charge in [0.1, 0.15) is 11.9 Å². The van der Waals surface area contributed by atoms with Gasteiger partial charge in [-0.2, -0.15) is 0 Å². The van der Waals surface area contributed by atoms with Crippen molar-refractivity contribution in [3.8, 4) is 0 Å². The molecule has 0 spiro atoms. The lowest BCUT2D eigenvalue weighted by Crippen LogP contribution is -2.54. The van der Waals surface area contributed by atoms with E-state index in [2.05, 4.69) is 25.8 Å². The molecule has 2 atom stereocenters. The second-order valence-corrected chi connectivity index (χ2v) is 15.4. The summed E-state index contributed by atoms with van der Waals surface area (Å²) in [5.41, 5.74) is 8.08. The van der Waals surface area contributed by atoms with Gasteiger partial charge in [0.15, 0.2) is 11.5 Å². The minimum atomic E-state index is -1.08. The summed E-state index contributed by atoms with van der Waals surface area (Å²) < 4.78 is 0. The van der Waals surface area contributed by atoms with Crippen LogP contribution in [-0.2, 0) is 14.4 Å². The molecule has 0 aliphatic carbocycles. The van der Waals surface area contributed by atoms with Crippen molar-refractivity contribution >= 4 is 64.5 Å². The number of fused-ring (bicyclic) bond motifs is 1. The van der Waals surface area contributed by atoms with Gasteiger partial charge in [-0.15, -0.1) is 0 Å². The van der Waals surface area contributed by atoms with Crippen molar-refractivity contribution in [2.75, 3.05) is 68.4 Å². The van der Waals surface area contributed by atoms with Crippen LogP contribution in [0.15, 0.2) is 48.7 Å². The maximum Gasteiger partial charge on any atom is 0.320 e. The number of piperidine rings is 3. The number of amides is 8. The van der Waals surface area contributed by atoms with Crippen LogP contribution in [0, 0.1) is 0 Å². The van der Waals surface area contributed by atoms with Crippen molar-refractivity contribution in [3.05, 3.63) is 71.0 Å². The molecule has 8 amide bonds. The van der Waals surface area contributed by atoms with E-state index in [-0.39, 0.29) is 65.9 Å². The fourth-order valence-corrected chi connectivity index (χ4v) is 8.61. The molecule has 1 aromatic heterocycles. The Morgan fingerprint density at radius 3 is 2.40 bits per heavy atom. The van der Waals surface area contributed by atoms with Gasteiger partial charge < -0.3 is 36.0 Å². The Hall–Kier alpha value is -6.59. The standard InChI is InChI=1S/C40H45N11O7/c1-47-18-19-50(40(47)58)26-4-3-15-49(22-26)30-20-43-34(35(41)54)36(45-30)44-25-9-7-23(8-10-25)24-13-16-48(17-14-24)32(53)21-42-28-6-2-5-27-33(28)39(57)51(38(27)56)29-11-12-31(52)46-37(29)55/h2,5-10,20,24,26,29,42H,3-4,11-19,21-22H2,1H3,(H2,41,54)(H,44,45)(H,46,52,55)/t26-,29?/m1/s1. The Labute approximate surface area is 334 Å². The van der Waals surface area contributed by atoms with Gasteiger partial charge in [0.25, 0.3) is 17.7 Å². The molecule has 8 rings (SSSR count). The molecule has 0 bridgehead atoms. The number of aromatic nitrogens is 2. The van der Waals surface area contributed by atoms with Gasteiger partial charge in [0.05, 0.1) is 29.9 Å². The highest BCUT2D eigenvalue weighted by Crippen LogP contribution is 2.34. The zero-order chi connectivity index (χ0) is 40.7. The molecule has 3 aromatic rings. The smallest absolute Gasteiger partial charge is 0.320 e. The number of nitrogens with two attached hydrogens (primary N) is 1. The number of hydrogen-bond acceptors (Lipinski definition) is 12. The molecular weight excluding hydrogens is 747 g/mol. The first kappa shape index (κ1) is 38.3. The van der Waals surface area contributed by atoms with Gasteiger partial charge >= 0.3 is 6.03 Å². The molecular formula is C40H45N11O7. The average molecular weight is 792 g/mol. The Balaban J connectivity index is 0.858. The molecule has 2 aromatic carbocycles. The first-order valence-electron chi connectivity index (χ1n) is 19.6.